The Balaban J connectivity index is 2.49. The summed E-state index contributed by atoms with van der Waals surface area (Å²) in [6, 6.07) is 6.34. The molecule has 0 bridgehead atoms. The average molecular weight is 300 g/mol. The van der Waals surface area contributed by atoms with Crippen LogP contribution in [-0.2, 0) is 23.8 Å². The first-order valence-corrected chi connectivity index (χ1v) is 7.67. The summed E-state index contributed by atoms with van der Waals surface area (Å²) >= 11 is 0. The number of rotatable bonds is 5. The quantitative estimate of drug-likeness (QED) is 0.474. The molecule has 0 aliphatic heterocycles. The van der Waals surface area contributed by atoms with Gasteiger partial charge in [-0.1, -0.05) is 17.7 Å². The van der Waals surface area contributed by atoms with Gasteiger partial charge in [-0.2, -0.15) is 8.42 Å². The van der Waals surface area contributed by atoms with Gasteiger partial charge in [-0.05, 0) is 39.8 Å². The lowest BCUT2D eigenvalue weighted by Crippen LogP contribution is -2.25. The number of hydrogen-bond donors (Lipinski definition) is 0. The number of hydrogen-bond acceptors (Lipinski definition) is 5. The Bertz CT molecular complexity index is 552. The first-order chi connectivity index (χ1) is 9.13. The lowest BCUT2D eigenvalue weighted by molar-refractivity contribution is -0.153. The van der Waals surface area contributed by atoms with Crippen molar-refractivity contribution in [1.29, 1.82) is 0 Å². The van der Waals surface area contributed by atoms with E-state index in [0.29, 0.717) is 0 Å². The number of carbonyl (C=O) groups excluding carboxylic acids is 1. The highest BCUT2D eigenvalue weighted by atomic mass is 32.2. The van der Waals surface area contributed by atoms with Crippen LogP contribution in [0.15, 0.2) is 29.2 Å². The molecule has 0 atom stereocenters. The van der Waals surface area contributed by atoms with Gasteiger partial charge in [0.1, 0.15) is 13.2 Å². The molecular weight excluding hydrogens is 280 g/mol. The van der Waals surface area contributed by atoms with Crippen LogP contribution in [0.3, 0.4) is 0 Å². The predicted molar refractivity (Wildman–Crippen MR) is 74.7 cm³/mol. The summed E-state index contributed by atoms with van der Waals surface area (Å²) in [5.74, 6) is -0.395. The molecule has 112 valence electrons. The third-order valence-corrected chi connectivity index (χ3v) is 3.80. The molecule has 1 aromatic carbocycles. The molecule has 0 heterocycles. The molecule has 0 spiro atoms. The van der Waals surface area contributed by atoms with Crippen LogP contribution in [0.5, 0.6) is 0 Å². The first-order valence-electron chi connectivity index (χ1n) is 6.26. The van der Waals surface area contributed by atoms with E-state index in [1.165, 1.54) is 12.1 Å². The van der Waals surface area contributed by atoms with Crippen LogP contribution < -0.4 is 0 Å². The fraction of sp³-hybridized carbons (Fsp3) is 0.500. The second-order valence-corrected chi connectivity index (χ2v) is 7.09. The normalized spacial score (nSPS) is 12.2. The summed E-state index contributed by atoms with van der Waals surface area (Å²) < 4.78 is 33.4. The number of ether oxygens (including phenoxy) is 1. The molecule has 0 radical (unpaired) electrons. The maximum atomic E-state index is 11.8. The summed E-state index contributed by atoms with van der Waals surface area (Å²) in [6.07, 6.45) is 0. The van der Waals surface area contributed by atoms with E-state index < -0.39 is 21.5 Å². The lowest BCUT2D eigenvalue weighted by atomic mass is 9.97. The van der Waals surface area contributed by atoms with Gasteiger partial charge in [0.2, 0.25) is 0 Å². The first kappa shape index (κ1) is 16.7. The van der Waals surface area contributed by atoms with Crippen molar-refractivity contribution in [3.05, 3.63) is 29.8 Å². The van der Waals surface area contributed by atoms with Crippen molar-refractivity contribution in [2.24, 2.45) is 5.41 Å². The Morgan fingerprint density at radius 3 is 2.15 bits per heavy atom. The van der Waals surface area contributed by atoms with E-state index in [1.807, 2.05) is 6.92 Å². The molecule has 1 rings (SSSR count). The molecule has 0 N–H and O–H groups in total. The summed E-state index contributed by atoms with van der Waals surface area (Å²) in [4.78, 5) is 11.6. The van der Waals surface area contributed by atoms with Crippen LogP contribution in [0.4, 0.5) is 0 Å². The molecule has 6 heteroatoms. The van der Waals surface area contributed by atoms with Gasteiger partial charge >= 0.3 is 5.97 Å². The molecule has 0 amide bonds. The van der Waals surface area contributed by atoms with Gasteiger partial charge in [-0.3, -0.25) is 8.98 Å². The molecule has 1 aromatic rings. The van der Waals surface area contributed by atoms with Crippen LogP contribution >= 0.6 is 0 Å². The Hall–Kier alpha value is -1.40. The Morgan fingerprint density at radius 1 is 1.10 bits per heavy atom. The molecule has 0 aromatic heterocycles. The van der Waals surface area contributed by atoms with E-state index in [-0.39, 0.29) is 18.1 Å². The Kier molecular flexibility index (Phi) is 5.30. The second-order valence-electron chi connectivity index (χ2n) is 5.48. The van der Waals surface area contributed by atoms with Crippen LogP contribution in [-0.4, -0.2) is 27.6 Å². The van der Waals surface area contributed by atoms with Crippen molar-refractivity contribution in [2.45, 2.75) is 32.6 Å². The Morgan fingerprint density at radius 2 is 1.65 bits per heavy atom. The minimum absolute atomic E-state index is 0.0882. The summed E-state index contributed by atoms with van der Waals surface area (Å²) in [5.41, 5.74) is 0.346. The fourth-order valence-corrected chi connectivity index (χ4v) is 2.16. The van der Waals surface area contributed by atoms with Gasteiger partial charge in [0.05, 0.1) is 10.3 Å². The van der Waals surface area contributed by atoms with Crippen molar-refractivity contribution in [2.75, 3.05) is 13.2 Å². The highest BCUT2D eigenvalue weighted by Crippen LogP contribution is 2.16. The Labute approximate surface area is 120 Å². The molecule has 0 saturated heterocycles. The monoisotopic (exact) mass is 300 g/mol. The largest absolute Gasteiger partial charge is 0.463 e. The van der Waals surface area contributed by atoms with Gasteiger partial charge in [-0.15, -0.1) is 0 Å². The molecule has 5 nitrogen and oxygen atoms in total. The average Bonchev–Trinajstić information content (AvgIpc) is 2.33. The SMILES string of the molecule is Cc1ccc(S(=O)(=O)OCCOC(=O)C(C)(C)C)cc1. The molecule has 20 heavy (non-hydrogen) atoms. The topological polar surface area (TPSA) is 69.7 Å². The minimum Gasteiger partial charge on any atom is -0.463 e. The fourth-order valence-electron chi connectivity index (χ4n) is 1.27. The maximum absolute atomic E-state index is 11.8. The molecular formula is C14H20O5S. The highest BCUT2D eigenvalue weighted by molar-refractivity contribution is 7.86. The predicted octanol–water partition coefficient (Wildman–Crippen LogP) is 2.29. The summed E-state index contributed by atoms with van der Waals surface area (Å²) in [7, 11) is -3.80. The van der Waals surface area contributed by atoms with Crippen molar-refractivity contribution >= 4 is 16.1 Å². The molecule has 0 saturated carbocycles. The van der Waals surface area contributed by atoms with E-state index >= 15 is 0 Å². The minimum atomic E-state index is -3.80. The van der Waals surface area contributed by atoms with Gasteiger partial charge in [-0.25, -0.2) is 0 Å². The molecule has 0 aliphatic rings. The van der Waals surface area contributed by atoms with Crippen molar-refractivity contribution in [1.82, 2.24) is 0 Å². The number of esters is 1. The number of benzene rings is 1. The third kappa shape index (κ3) is 4.94. The standard InChI is InChI=1S/C14H20O5S/c1-11-5-7-12(8-6-11)20(16,17)19-10-9-18-13(15)14(2,3)4/h5-8H,9-10H2,1-4H3. The van der Waals surface area contributed by atoms with Crippen LogP contribution in [0.2, 0.25) is 0 Å². The van der Waals surface area contributed by atoms with Crippen molar-refractivity contribution in [3.63, 3.8) is 0 Å². The van der Waals surface area contributed by atoms with Crippen LogP contribution in [0.25, 0.3) is 0 Å². The summed E-state index contributed by atoms with van der Waals surface area (Å²) in [5, 5.41) is 0. The van der Waals surface area contributed by atoms with Gasteiger partial charge in [0.15, 0.2) is 0 Å². The van der Waals surface area contributed by atoms with Crippen molar-refractivity contribution in [3.8, 4) is 0 Å². The van der Waals surface area contributed by atoms with E-state index in [0.717, 1.165) is 5.56 Å². The number of aryl methyl sites for hydroxylation is 1. The lowest BCUT2D eigenvalue weighted by Gasteiger charge is -2.16. The zero-order chi connectivity index (χ0) is 15.4. The van der Waals surface area contributed by atoms with E-state index in [4.69, 9.17) is 8.92 Å². The van der Waals surface area contributed by atoms with Gasteiger partial charge in [0, 0.05) is 0 Å². The smallest absolute Gasteiger partial charge is 0.311 e. The van der Waals surface area contributed by atoms with Crippen LogP contribution in [0, 0.1) is 12.3 Å². The maximum Gasteiger partial charge on any atom is 0.311 e. The molecule has 0 aliphatic carbocycles. The van der Waals surface area contributed by atoms with E-state index in [2.05, 4.69) is 0 Å². The van der Waals surface area contributed by atoms with Crippen molar-refractivity contribution < 1.29 is 22.1 Å². The highest BCUT2D eigenvalue weighted by Gasteiger charge is 2.23. The zero-order valence-corrected chi connectivity index (χ0v) is 13.0. The van der Waals surface area contributed by atoms with Gasteiger partial charge in [0.25, 0.3) is 10.1 Å². The zero-order valence-electron chi connectivity index (χ0n) is 12.2. The second kappa shape index (κ2) is 6.37. The van der Waals surface area contributed by atoms with E-state index in [9.17, 15) is 13.2 Å². The molecule has 0 fully saturated rings. The van der Waals surface area contributed by atoms with E-state index in [1.54, 1.807) is 32.9 Å². The van der Waals surface area contributed by atoms with Crippen LogP contribution in [0.1, 0.15) is 26.3 Å². The third-order valence-electron chi connectivity index (χ3n) is 2.48. The number of carbonyl (C=O) groups is 1. The summed E-state index contributed by atoms with van der Waals surface area (Å²) in [6.45, 7) is 6.74. The molecule has 0 unspecified atom stereocenters. The van der Waals surface area contributed by atoms with Gasteiger partial charge < -0.3 is 4.74 Å².